The summed E-state index contributed by atoms with van der Waals surface area (Å²) in [6, 6.07) is 7.38. The van der Waals surface area contributed by atoms with Gasteiger partial charge in [-0.1, -0.05) is 26.0 Å². The van der Waals surface area contributed by atoms with E-state index in [0.717, 1.165) is 6.54 Å². The quantitative estimate of drug-likeness (QED) is 0.742. The second-order valence-corrected chi connectivity index (χ2v) is 6.94. The zero-order valence-electron chi connectivity index (χ0n) is 12.0. The number of hydrogen-bond donors (Lipinski definition) is 2. The van der Waals surface area contributed by atoms with Gasteiger partial charge >= 0.3 is 0 Å². The molecule has 19 heavy (non-hydrogen) atoms. The lowest BCUT2D eigenvalue weighted by Gasteiger charge is -2.16. The Morgan fingerprint density at radius 1 is 1.16 bits per heavy atom. The van der Waals surface area contributed by atoms with Crippen molar-refractivity contribution in [1.82, 2.24) is 9.62 Å². The van der Waals surface area contributed by atoms with Gasteiger partial charge in [-0.25, -0.2) is 12.7 Å². The zero-order valence-corrected chi connectivity index (χ0v) is 12.8. The molecule has 108 valence electrons. The van der Waals surface area contributed by atoms with Crippen molar-refractivity contribution in [2.45, 2.75) is 24.8 Å². The molecule has 0 bridgehead atoms. The second kappa shape index (κ2) is 6.88. The first kappa shape index (κ1) is 15.9. The Bertz CT molecular complexity index is 498. The van der Waals surface area contributed by atoms with E-state index in [2.05, 4.69) is 24.5 Å². The van der Waals surface area contributed by atoms with Gasteiger partial charge in [-0.2, -0.15) is 0 Å². The van der Waals surface area contributed by atoms with Crippen LogP contribution in [0.15, 0.2) is 29.2 Å². The SMILES string of the molecule is CC(C)NCCNc1ccccc1S(=O)(=O)N(C)C. The number of sulfonamides is 1. The fourth-order valence-corrected chi connectivity index (χ4v) is 2.65. The van der Waals surface area contributed by atoms with Crippen molar-refractivity contribution >= 4 is 15.7 Å². The summed E-state index contributed by atoms with van der Waals surface area (Å²) in [6.45, 7) is 5.61. The largest absolute Gasteiger partial charge is 0.383 e. The van der Waals surface area contributed by atoms with Crippen molar-refractivity contribution in [3.63, 3.8) is 0 Å². The number of nitrogens with zero attached hydrogens (tertiary/aromatic N) is 1. The molecule has 0 atom stereocenters. The normalized spacial score (nSPS) is 12.1. The van der Waals surface area contributed by atoms with Crippen LogP contribution in [0.1, 0.15) is 13.8 Å². The molecule has 6 heteroatoms. The van der Waals surface area contributed by atoms with Crippen LogP contribution >= 0.6 is 0 Å². The summed E-state index contributed by atoms with van der Waals surface area (Å²) in [5, 5.41) is 6.44. The van der Waals surface area contributed by atoms with Gasteiger partial charge in [0.05, 0.1) is 5.69 Å². The zero-order chi connectivity index (χ0) is 14.5. The first-order chi connectivity index (χ1) is 8.85. The van der Waals surface area contributed by atoms with E-state index in [1.165, 1.54) is 18.4 Å². The summed E-state index contributed by atoms with van der Waals surface area (Å²) in [5.41, 5.74) is 0.641. The number of benzene rings is 1. The number of nitrogens with one attached hydrogen (secondary N) is 2. The number of rotatable bonds is 7. The van der Waals surface area contributed by atoms with Gasteiger partial charge in [0.15, 0.2) is 0 Å². The second-order valence-electron chi connectivity index (χ2n) is 4.82. The van der Waals surface area contributed by atoms with Crippen molar-refractivity contribution in [1.29, 1.82) is 0 Å². The van der Waals surface area contributed by atoms with Gasteiger partial charge in [0.2, 0.25) is 10.0 Å². The van der Waals surface area contributed by atoms with Crippen LogP contribution < -0.4 is 10.6 Å². The highest BCUT2D eigenvalue weighted by molar-refractivity contribution is 7.89. The Morgan fingerprint density at radius 3 is 2.37 bits per heavy atom. The molecule has 0 aliphatic rings. The van der Waals surface area contributed by atoms with Crippen molar-refractivity contribution in [2.75, 3.05) is 32.5 Å². The first-order valence-electron chi connectivity index (χ1n) is 6.34. The summed E-state index contributed by atoms with van der Waals surface area (Å²) in [5.74, 6) is 0. The van der Waals surface area contributed by atoms with E-state index in [4.69, 9.17) is 0 Å². The maximum Gasteiger partial charge on any atom is 0.244 e. The van der Waals surface area contributed by atoms with E-state index >= 15 is 0 Å². The summed E-state index contributed by atoms with van der Waals surface area (Å²) in [4.78, 5) is 0.310. The molecule has 1 rings (SSSR count). The lowest BCUT2D eigenvalue weighted by molar-refractivity contribution is 0.521. The molecule has 0 radical (unpaired) electrons. The predicted octanol–water partition coefficient (Wildman–Crippen LogP) is 1.35. The molecule has 1 aromatic carbocycles. The van der Waals surface area contributed by atoms with Gasteiger partial charge in [-0.15, -0.1) is 0 Å². The van der Waals surface area contributed by atoms with Crippen LogP contribution in [0.25, 0.3) is 0 Å². The van der Waals surface area contributed by atoms with E-state index in [-0.39, 0.29) is 0 Å². The van der Waals surface area contributed by atoms with Crippen LogP contribution in [0.4, 0.5) is 5.69 Å². The Morgan fingerprint density at radius 2 is 1.79 bits per heavy atom. The third kappa shape index (κ3) is 4.49. The van der Waals surface area contributed by atoms with Gasteiger partial charge in [-0.05, 0) is 12.1 Å². The summed E-state index contributed by atoms with van der Waals surface area (Å²) < 4.78 is 25.6. The molecular formula is C13H23N3O2S. The highest BCUT2D eigenvalue weighted by Crippen LogP contribution is 2.22. The third-order valence-corrected chi connectivity index (χ3v) is 4.51. The van der Waals surface area contributed by atoms with Gasteiger partial charge in [0.25, 0.3) is 0 Å². The Hall–Kier alpha value is -1.11. The summed E-state index contributed by atoms with van der Waals surface area (Å²) in [6.07, 6.45) is 0. The van der Waals surface area contributed by atoms with Crippen LogP contribution in [0, 0.1) is 0 Å². The van der Waals surface area contributed by atoms with Gasteiger partial charge < -0.3 is 10.6 Å². The molecule has 0 spiro atoms. The van der Waals surface area contributed by atoms with Crippen LogP contribution in [-0.2, 0) is 10.0 Å². The molecule has 2 N–H and O–H groups in total. The van der Waals surface area contributed by atoms with E-state index in [0.29, 0.717) is 23.2 Å². The average molecular weight is 285 g/mol. The van der Waals surface area contributed by atoms with E-state index in [1.807, 2.05) is 6.07 Å². The standard InChI is InChI=1S/C13H23N3O2S/c1-11(2)14-9-10-15-12-7-5-6-8-13(12)19(17,18)16(3)4/h5-8,11,14-15H,9-10H2,1-4H3. The minimum Gasteiger partial charge on any atom is -0.383 e. The highest BCUT2D eigenvalue weighted by atomic mass is 32.2. The van der Waals surface area contributed by atoms with Gasteiger partial charge in [0.1, 0.15) is 4.90 Å². The molecule has 0 saturated heterocycles. The fraction of sp³-hybridized carbons (Fsp3) is 0.538. The monoisotopic (exact) mass is 285 g/mol. The Balaban J connectivity index is 2.80. The van der Waals surface area contributed by atoms with Crippen molar-refractivity contribution in [3.05, 3.63) is 24.3 Å². The Kier molecular flexibility index (Phi) is 5.78. The van der Waals surface area contributed by atoms with E-state index in [1.54, 1.807) is 18.2 Å². The maximum atomic E-state index is 12.2. The smallest absolute Gasteiger partial charge is 0.244 e. The van der Waals surface area contributed by atoms with Crippen LogP contribution in [0.3, 0.4) is 0 Å². The van der Waals surface area contributed by atoms with E-state index in [9.17, 15) is 8.42 Å². The topological polar surface area (TPSA) is 61.4 Å². The van der Waals surface area contributed by atoms with Crippen molar-refractivity contribution in [2.24, 2.45) is 0 Å². The molecule has 5 nitrogen and oxygen atoms in total. The number of hydrogen-bond acceptors (Lipinski definition) is 4. The number of anilines is 1. The third-order valence-electron chi connectivity index (χ3n) is 2.64. The lowest BCUT2D eigenvalue weighted by Crippen LogP contribution is -2.29. The molecular weight excluding hydrogens is 262 g/mol. The average Bonchev–Trinajstić information content (AvgIpc) is 2.34. The van der Waals surface area contributed by atoms with Crippen molar-refractivity contribution in [3.8, 4) is 0 Å². The minimum atomic E-state index is -3.41. The van der Waals surface area contributed by atoms with Gasteiger partial charge in [-0.3, -0.25) is 0 Å². The minimum absolute atomic E-state index is 0.310. The molecule has 0 aromatic heterocycles. The fourth-order valence-electron chi connectivity index (χ4n) is 1.59. The van der Waals surface area contributed by atoms with Crippen LogP contribution in [0.2, 0.25) is 0 Å². The van der Waals surface area contributed by atoms with Gasteiger partial charge in [0, 0.05) is 33.2 Å². The van der Waals surface area contributed by atoms with Crippen LogP contribution in [-0.4, -0.2) is 45.9 Å². The summed E-state index contributed by atoms with van der Waals surface area (Å²) >= 11 is 0. The highest BCUT2D eigenvalue weighted by Gasteiger charge is 2.20. The molecule has 0 saturated carbocycles. The Labute approximate surface area is 116 Å². The molecule has 1 aromatic rings. The molecule has 0 amide bonds. The predicted molar refractivity (Wildman–Crippen MR) is 78.9 cm³/mol. The molecule has 0 heterocycles. The number of para-hydroxylation sites is 1. The first-order valence-corrected chi connectivity index (χ1v) is 7.78. The van der Waals surface area contributed by atoms with E-state index < -0.39 is 10.0 Å². The maximum absolute atomic E-state index is 12.2. The molecule has 0 aliphatic carbocycles. The molecule has 0 fully saturated rings. The molecule has 0 unspecified atom stereocenters. The molecule has 0 aliphatic heterocycles. The summed E-state index contributed by atoms with van der Waals surface area (Å²) in [7, 11) is -0.342. The van der Waals surface area contributed by atoms with Crippen LogP contribution in [0.5, 0.6) is 0 Å². The lowest BCUT2D eigenvalue weighted by atomic mass is 10.3. The van der Waals surface area contributed by atoms with Crippen molar-refractivity contribution < 1.29 is 8.42 Å².